The number of likely N-dealkylation sites (tertiary alicyclic amines) is 1. The maximum Gasteiger partial charge on any atom is 0.488 e. The number of anilines is 1. The summed E-state index contributed by atoms with van der Waals surface area (Å²) in [5, 5.41) is 2.70. The maximum absolute atomic E-state index is 12.3. The SMILES string of the molecule is O=C(Nc1ccc(OS(=O)(=O)F)cc1)N1CC2CC2C1. The van der Waals surface area contributed by atoms with Crippen molar-refractivity contribution < 1.29 is 21.3 Å². The van der Waals surface area contributed by atoms with Crippen molar-refractivity contribution in [2.75, 3.05) is 18.4 Å². The van der Waals surface area contributed by atoms with E-state index in [1.165, 1.54) is 30.7 Å². The molecule has 1 N–H and O–H groups in total. The number of carbonyl (C=O) groups is 1. The van der Waals surface area contributed by atoms with Gasteiger partial charge in [-0.05, 0) is 42.5 Å². The highest BCUT2D eigenvalue weighted by atomic mass is 32.3. The van der Waals surface area contributed by atoms with Gasteiger partial charge < -0.3 is 14.4 Å². The number of urea groups is 1. The van der Waals surface area contributed by atoms with Crippen molar-refractivity contribution in [2.45, 2.75) is 6.42 Å². The zero-order valence-electron chi connectivity index (χ0n) is 10.5. The summed E-state index contributed by atoms with van der Waals surface area (Å²) in [7, 11) is -5.02. The number of nitrogens with zero attached hydrogens (tertiary/aromatic N) is 1. The molecule has 2 amide bonds. The molecule has 108 valence electrons. The lowest BCUT2D eigenvalue weighted by atomic mass is 10.3. The summed E-state index contributed by atoms with van der Waals surface area (Å²) in [4.78, 5) is 13.7. The number of amides is 2. The van der Waals surface area contributed by atoms with E-state index < -0.39 is 10.5 Å². The second-order valence-corrected chi connectivity index (χ2v) is 6.04. The van der Waals surface area contributed by atoms with Crippen LogP contribution >= 0.6 is 0 Å². The molecule has 1 aliphatic heterocycles. The molecule has 0 spiro atoms. The fourth-order valence-electron chi connectivity index (χ4n) is 2.48. The van der Waals surface area contributed by atoms with E-state index in [2.05, 4.69) is 9.50 Å². The summed E-state index contributed by atoms with van der Waals surface area (Å²) >= 11 is 0. The second-order valence-electron chi connectivity index (χ2n) is 5.09. The van der Waals surface area contributed by atoms with Crippen LogP contribution in [-0.4, -0.2) is 32.4 Å². The van der Waals surface area contributed by atoms with Gasteiger partial charge in [0.05, 0.1) is 0 Å². The molecule has 1 aliphatic carbocycles. The molecular weight excluding hydrogens is 287 g/mol. The average Bonchev–Trinajstić information content (AvgIpc) is 2.97. The van der Waals surface area contributed by atoms with Crippen molar-refractivity contribution in [3.63, 3.8) is 0 Å². The molecule has 1 aromatic carbocycles. The molecule has 2 atom stereocenters. The number of fused-ring (bicyclic) bond motifs is 1. The van der Waals surface area contributed by atoms with Crippen LogP contribution in [0.1, 0.15) is 6.42 Å². The zero-order valence-corrected chi connectivity index (χ0v) is 11.3. The van der Waals surface area contributed by atoms with Crippen molar-refractivity contribution in [2.24, 2.45) is 11.8 Å². The van der Waals surface area contributed by atoms with Crippen molar-refractivity contribution in [3.05, 3.63) is 24.3 Å². The third kappa shape index (κ3) is 3.01. The summed E-state index contributed by atoms with van der Waals surface area (Å²) < 4.78 is 37.0. The van der Waals surface area contributed by atoms with E-state index in [0.717, 1.165) is 13.1 Å². The van der Waals surface area contributed by atoms with Gasteiger partial charge in [-0.25, -0.2) is 4.79 Å². The number of hydrogen-bond donors (Lipinski definition) is 1. The molecule has 6 nitrogen and oxygen atoms in total. The van der Waals surface area contributed by atoms with Crippen LogP contribution in [0.5, 0.6) is 5.75 Å². The predicted octanol–water partition coefficient (Wildman–Crippen LogP) is 1.76. The summed E-state index contributed by atoms with van der Waals surface area (Å²) in [6.45, 7) is 1.58. The Hall–Kier alpha value is -1.83. The maximum atomic E-state index is 12.3. The number of rotatable bonds is 3. The molecule has 0 radical (unpaired) electrons. The van der Waals surface area contributed by atoms with E-state index in [1.807, 2.05) is 0 Å². The molecular formula is C12H13FN2O4S. The molecule has 1 aromatic rings. The third-order valence-electron chi connectivity index (χ3n) is 3.57. The van der Waals surface area contributed by atoms with E-state index in [0.29, 0.717) is 17.5 Å². The van der Waals surface area contributed by atoms with Crippen LogP contribution in [0.2, 0.25) is 0 Å². The fraction of sp³-hybridized carbons (Fsp3) is 0.417. The first-order valence-electron chi connectivity index (χ1n) is 6.21. The largest absolute Gasteiger partial charge is 0.488 e. The van der Waals surface area contributed by atoms with Crippen LogP contribution in [0, 0.1) is 11.8 Å². The smallest absolute Gasteiger partial charge is 0.358 e. The number of benzene rings is 1. The molecule has 2 aliphatic rings. The van der Waals surface area contributed by atoms with Gasteiger partial charge in [-0.3, -0.25) is 0 Å². The zero-order chi connectivity index (χ0) is 14.3. The number of nitrogens with one attached hydrogen (secondary N) is 1. The molecule has 8 heteroatoms. The highest BCUT2D eigenvalue weighted by molar-refractivity contribution is 7.81. The quantitative estimate of drug-likeness (QED) is 0.863. The van der Waals surface area contributed by atoms with Crippen molar-refractivity contribution >= 4 is 22.2 Å². The number of carbonyl (C=O) groups excluding carboxylic acids is 1. The predicted molar refractivity (Wildman–Crippen MR) is 69.3 cm³/mol. The van der Waals surface area contributed by atoms with E-state index in [4.69, 9.17) is 0 Å². The Kier molecular flexibility index (Phi) is 3.04. The third-order valence-corrected chi connectivity index (χ3v) is 3.96. The van der Waals surface area contributed by atoms with Crippen LogP contribution in [-0.2, 0) is 10.5 Å². The lowest BCUT2D eigenvalue weighted by Crippen LogP contribution is -2.34. The molecule has 20 heavy (non-hydrogen) atoms. The molecule has 1 saturated heterocycles. The highest BCUT2D eigenvalue weighted by Gasteiger charge is 2.46. The Bertz CT molecular complexity index is 621. The van der Waals surface area contributed by atoms with Gasteiger partial charge in [-0.15, -0.1) is 0 Å². The van der Waals surface area contributed by atoms with Gasteiger partial charge in [0.15, 0.2) is 0 Å². The molecule has 1 heterocycles. The van der Waals surface area contributed by atoms with Gasteiger partial charge >= 0.3 is 16.5 Å². The van der Waals surface area contributed by atoms with E-state index >= 15 is 0 Å². The Balaban J connectivity index is 1.59. The summed E-state index contributed by atoms with van der Waals surface area (Å²) in [5.41, 5.74) is 0.499. The molecule has 1 saturated carbocycles. The first-order valence-corrected chi connectivity index (χ1v) is 7.51. The molecule has 2 unspecified atom stereocenters. The van der Waals surface area contributed by atoms with Gasteiger partial charge in [-0.1, -0.05) is 3.89 Å². The summed E-state index contributed by atoms with van der Waals surface area (Å²) in [6.07, 6.45) is 1.22. The normalized spacial score (nSPS) is 24.1. The Labute approximate surface area is 115 Å². The van der Waals surface area contributed by atoms with Crippen LogP contribution in [0.15, 0.2) is 24.3 Å². The average molecular weight is 300 g/mol. The lowest BCUT2D eigenvalue weighted by molar-refractivity contribution is 0.217. The van der Waals surface area contributed by atoms with Gasteiger partial charge in [0, 0.05) is 18.8 Å². The molecule has 0 bridgehead atoms. The first-order chi connectivity index (χ1) is 9.40. The number of halogens is 1. The van der Waals surface area contributed by atoms with E-state index in [-0.39, 0.29) is 11.8 Å². The minimum absolute atomic E-state index is 0.145. The summed E-state index contributed by atoms with van der Waals surface area (Å²) in [5.74, 6) is 1.17. The summed E-state index contributed by atoms with van der Waals surface area (Å²) in [6, 6.07) is 5.27. The fourth-order valence-corrected chi connectivity index (χ4v) is 2.82. The Morgan fingerprint density at radius 1 is 1.25 bits per heavy atom. The van der Waals surface area contributed by atoms with Crippen LogP contribution in [0.4, 0.5) is 14.4 Å². The van der Waals surface area contributed by atoms with Crippen molar-refractivity contribution in [1.29, 1.82) is 0 Å². The van der Waals surface area contributed by atoms with Crippen LogP contribution in [0.3, 0.4) is 0 Å². The topological polar surface area (TPSA) is 75.7 Å². The standard InChI is InChI=1S/C12H13FN2O4S/c13-20(17,18)19-11-3-1-10(2-4-11)14-12(16)15-6-8-5-9(8)7-15/h1-4,8-9H,5-7H2,(H,14,16). The van der Waals surface area contributed by atoms with E-state index in [9.17, 15) is 17.1 Å². The van der Waals surface area contributed by atoms with Gasteiger partial charge in [0.25, 0.3) is 0 Å². The minimum atomic E-state index is -5.02. The second kappa shape index (κ2) is 4.62. The lowest BCUT2D eigenvalue weighted by Gasteiger charge is -2.18. The van der Waals surface area contributed by atoms with Crippen LogP contribution in [0.25, 0.3) is 0 Å². The highest BCUT2D eigenvalue weighted by Crippen LogP contribution is 2.44. The van der Waals surface area contributed by atoms with Gasteiger partial charge in [0.1, 0.15) is 5.75 Å². The first kappa shape index (κ1) is 13.2. The molecule has 0 aromatic heterocycles. The Morgan fingerprint density at radius 3 is 2.40 bits per heavy atom. The van der Waals surface area contributed by atoms with Gasteiger partial charge in [-0.2, -0.15) is 8.42 Å². The monoisotopic (exact) mass is 300 g/mol. The number of hydrogen-bond acceptors (Lipinski definition) is 4. The van der Waals surface area contributed by atoms with Crippen LogP contribution < -0.4 is 9.50 Å². The van der Waals surface area contributed by atoms with Crippen molar-refractivity contribution in [3.8, 4) is 5.75 Å². The minimum Gasteiger partial charge on any atom is -0.358 e. The number of piperidine rings is 1. The molecule has 2 fully saturated rings. The molecule has 3 rings (SSSR count). The van der Waals surface area contributed by atoms with E-state index in [1.54, 1.807) is 4.90 Å². The van der Waals surface area contributed by atoms with Crippen molar-refractivity contribution in [1.82, 2.24) is 4.90 Å². The van der Waals surface area contributed by atoms with Gasteiger partial charge in [0.2, 0.25) is 0 Å². The Morgan fingerprint density at radius 2 is 1.85 bits per heavy atom.